The van der Waals surface area contributed by atoms with Crippen molar-refractivity contribution in [2.24, 2.45) is 0 Å². The zero-order valence-electron chi connectivity index (χ0n) is 19.1. The Kier molecular flexibility index (Phi) is 8.77. The Morgan fingerprint density at radius 1 is 0.943 bits per heavy atom. The van der Waals surface area contributed by atoms with Crippen LogP contribution in [0, 0.1) is 6.92 Å². The first kappa shape index (κ1) is 25.7. The Morgan fingerprint density at radius 2 is 1.60 bits per heavy atom. The van der Waals surface area contributed by atoms with Crippen molar-refractivity contribution in [3.8, 4) is 5.75 Å². The lowest BCUT2D eigenvalue weighted by Gasteiger charge is -2.11. The van der Waals surface area contributed by atoms with E-state index in [4.69, 9.17) is 9.29 Å². The summed E-state index contributed by atoms with van der Waals surface area (Å²) in [5.74, 6) is -0.881. The monoisotopic (exact) mass is 494 g/mol. The van der Waals surface area contributed by atoms with E-state index in [-0.39, 0.29) is 29.5 Å². The van der Waals surface area contributed by atoms with Crippen LogP contribution < -0.4 is 14.8 Å². The van der Waals surface area contributed by atoms with E-state index in [0.717, 1.165) is 5.56 Å². The fourth-order valence-electron chi connectivity index (χ4n) is 2.98. The highest BCUT2D eigenvalue weighted by molar-refractivity contribution is 7.87. The highest BCUT2D eigenvalue weighted by atomic mass is 32.2. The van der Waals surface area contributed by atoms with E-state index in [2.05, 4.69) is 10.6 Å². The quantitative estimate of drug-likeness (QED) is 0.226. The second-order valence-electron chi connectivity index (χ2n) is 7.63. The summed E-state index contributed by atoms with van der Waals surface area (Å²) in [5.41, 5.74) is 1.84. The van der Waals surface area contributed by atoms with Crippen LogP contribution in [0.15, 0.2) is 89.5 Å². The number of carbonyl (C=O) groups excluding carboxylic acids is 2. The van der Waals surface area contributed by atoms with Crippen LogP contribution in [0.25, 0.3) is 6.08 Å². The summed E-state index contributed by atoms with van der Waals surface area (Å²) in [4.78, 5) is 25.3. The van der Waals surface area contributed by atoms with Crippen molar-refractivity contribution < 1.29 is 27.3 Å². The summed E-state index contributed by atoms with van der Waals surface area (Å²) in [6.45, 7) is 2.01. The number of amides is 2. The molecule has 0 unspecified atom stereocenters. The van der Waals surface area contributed by atoms with Gasteiger partial charge in [0.1, 0.15) is 16.3 Å². The van der Waals surface area contributed by atoms with Crippen LogP contribution in [0.5, 0.6) is 5.75 Å². The number of hydrogen-bond donors (Lipinski definition) is 3. The van der Waals surface area contributed by atoms with Crippen molar-refractivity contribution in [2.75, 3.05) is 13.2 Å². The minimum Gasteiger partial charge on any atom is -0.396 e. The van der Waals surface area contributed by atoms with Crippen molar-refractivity contribution in [2.45, 2.75) is 18.2 Å². The van der Waals surface area contributed by atoms with Gasteiger partial charge in [0.25, 0.3) is 11.8 Å². The molecule has 3 N–H and O–H groups in total. The maximum atomic E-state index is 12.6. The number of rotatable bonds is 10. The molecule has 35 heavy (non-hydrogen) atoms. The maximum Gasteiger partial charge on any atom is 0.339 e. The molecule has 182 valence electrons. The minimum absolute atomic E-state index is 0.00209. The number of carbonyl (C=O) groups is 2. The van der Waals surface area contributed by atoms with Gasteiger partial charge in [0.2, 0.25) is 0 Å². The van der Waals surface area contributed by atoms with Crippen molar-refractivity contribution >= 4 is 28.0 Å². The van der Waals surface area contributed by atoms with Gasteiger partial charge in [-0.15, -0.1) is 0 Å². The highest BCUT2D eigenvalue weighted by Gasteiger charge is 2.17. The van der Waals surface area contributed by atoms with Crippen LogP contribution in [-0.4, -0.2) is 38.5 Å². The third kappa shape index (κ3) is 7.53. The maximum absolute atomic E-state index is 12.6. The van der Waals surface area contributed by atoms with E-state index in [9.17, 15) is 18.0 Å². The molecule has 0 aliphatic heterocycles. The molecule has 0 spiro atoms. The molecule has 2 amide bonds. The van der Waals surface area contributed by atoms with Gasteiger partial charge in [0, 0.05) is 18.7 Å². The van der Waals surface area contributed by atoms with E-state index in [1.807, 2.05) is 6.92 Å². The molecule has 9 heteroatoms. The van der Waals surface area contributed by atoms with Crippen molar-refractivity contribution in [3.05, 3.63) is 101 Å². The van der Waals surface area contributed by atoms with Crippen molar-refractivity contribution in [3.63, 3.8) is 0 Å². The van der Waals surface area contributed by atoms with Crippen LogP contribution in [0.2, 0.25) is 0 Å². The van der Waals surface area contributed by atoms with E-state index >= 15 is 0 Å². The standard InChI is InChI=1S/C26H26N2O6S/c1-19-8-14-23(15-9-19)35(32,33)34-22-12-10-20(11-13-22)18-24(26(31)27-16-5-17-29)28-25(30)21-6-3-2-4-7-21/h2-4,6-15,18,29H,5,16-17H2,1H3,(H,27,31)(H,28,30)/b24-18-. The molecule has 0 aromatic heterocycles. The number of aliphatic hydroxyl groups excluding tert-OH is 1. The Hall–Kier alpha value is -3.95. The molecule has 0 aliphatic carbocycles. The Bertz CT molecular complexity index is 1290. The third-order valence-electron chi connectivity index (χ3n) is 4.86. The van der Waals surface area contributed by atoms with Gasteiger partial charge in [-0.05, 0) is 61.4 Å². The summed E-state index contributed by atoms with van der Waals surface area (Å²) in [6.07, 6.45) is 1.83. The SMILES string of the molecule is Cc1ccc(S(=O)(=O)Oc2ccc(/C=C(\NC(=O)c3ccccc3)C(=O)NCCCO)cc2)cc1. The molecular formula is C26H26N2O6S. The Balaban J connectivity index is 1.79. The smallest absolute Gasteiger partial charge is 0.339 e. The molecule has 3 rings (SSSR count). The Morgan fingerprint density at radius 3 is 2.23 bits per heavy atom. The first-order valence-electron chi connectivity index (χ1n) is 10.9. The molecule has 0 fully saturated rings. The molecule has 0 heterocycles. The fourth-order valence-corrected chi connectivity index (χ4v) is 3.91. The summed E-state index contributed by atoms with van der Waals surface area (Å²) in [7, 11) is -4.00. The molecule has 0 radical (unpaired) electrons. The van der Waals surface area contributed by atoms with Crippen LogP contribution in [0.3, 0.4) is 0 Å². The lowest BCUT2D eigenvalue weighted by atomic mass is 10.1. The van der Waals surface area contributed by atoms with Gasteiger partial charge in [-0.2, -0.15) is 8.42 Å². The zero-order chi connectivity index (χ0) is 25.3. The lowest BCUT2D eigenvalue weighted by Crippen LogP contribution is -2.35. The van der Waals surface area contributed by atoms with Gasteiger partial charge < -0.3 is 19.9 Å². The minimum atomic E-state index is -4.00. The summed E-state index contributed by atoms with van der Waals surface area (Å²) < 4.78 is 30.2. The fraction of sp³-hybridized carbons (Fsp3) is 0.154. The Labute approximate surface area is 204 Å². The van der Waals surface area contributed by atoms with Gasteiger partial charge >= 0.3 is 10.1 Å². The molecule has 0 saturated heterocycles. The second-order valence-corrected chi connectivity index (χ2v) is 9.18. The van der Waals surface area contributed by atoms with Gasteiger partial charge in [0.05, 0.1) is 0 Å². The summed E-state index contributed by atoms with van der Waals surface area (Å²) in [6, 6.07) is 20.8. The molecule has 0 aliphatic rings. The highest BCUT2D eigenvalue weighted by Crippen LogP contribution is 2.20. The van der Waals surface area contributed by atoms with E-state index in [0.29, 0.717) is 17.5 Å². The van der Waals surface area contributed by atoms with E-state index < -0.39 is 21.9 Å². The van der Waals surface area contributed by atoms with Crippen molar-refractivity contribution in [1.29, 1.82) is 0 Å². The molecular weight excluding hydrogens is 468 g/mol. The number of benzene rings is 3. The van der Waals surface area contributed by atoms with Crippen LogP contribution in [0.1, 0.15) is 27.9 Å². The number of nitrogens with one attached hydrogen (secondary N) is 2. The van der Waals surface area contributed by atoms with Crippen molar-refractivity contribution in [1.82, 2.24) is 10.6 Å². The molecule has 0 bridgehead atoms. The normalized spacial score (nSPS) is 11.5. The van der Waals surface area contributed by atoms with E-state index in [1.165, 1.54) is 30.3 Å². The number of aliphatic hydroxyl groups is 1. The number of aryl methyl sites for hydroxylation is 1. The first-order valence-corrected chi connectivity index (χ1v) is 12.3. The topological polar surface area (TPSA) is 122 Å². The largest absolute Gasteiger partial charge is 0.396 e. The van der Waals surface area contributed by atoms with Crippen LogP contribution >= 0.6 is 0 Å². The molecule has 3 aromatic carbocycles. The van der Waals surface area contributed by atoms with Gasteiger partial charge in [-0.25, -0.2) is 0 Å². The first-order chi connectivity index (χ1) is 16.8. The van der Waals surface area contributed by atoms with E-state index in [1.54, 1.807) is 54.6 Å². The molecule has 0 saturated carbocycles. The van der Waals surface area contributed by atoms with Gasteiger partial charge in [-0.3, -0.25) is 9.59 Å². The summed E-state index contributed by atoms with van der Waals surface area (Å²) >= 11 is 0. The second kappa shape index (κ2) is 12.0. The van der Waals surface area contributed by atoms with Gasteiger partial charge in [0.15, 0.2) is 0 Å². The predicted molar refractivity (Wildman–Crippen MR) is 132 cm³/mol. The lowest BCUT2D eigenvalue weighted by molar-refractivity contribution is -0.117. The third-order valence-corrected chi connectivity index (χ3v) is 6.12. The zero-order valence-corrected chi connectivity index (χ0v) is 19.9. The average molecular weight is 495 g/mol. The number of hydrogen-bond acceptors (Lipinski definition) is 6. The van der Waals surface area contributed by atoms with Crippen LogP contribution in [0.4, 0.5) is 0 Å². The van der Waals surface area contributed by atoms with Crippen LogP contribution in [-0.2, 0) is 14.9 Å². The van der Waals surface area contributed by atoms with Gasteiger partial charge in [-0.1, -0.05) is 48.0 Å². The average Bonchev–Trinajstić information content (AvgIpc) is 2.85. The predicted octanol–water partition coefficient (Wildman–Crippen LogP) is 3.03. The molecule has 0 atom stereocenters. The molecule has 3 aromatic rings. The summed E-state index contributed by atoms with van der Waals surface area (Å²) in [5, 5.41) is 14.2. The molecule has 8 nitrogen and oxygen atoms in total.